The summed E-state index contributed by atoms with van der Waals surface area (Å²) in [6.07, 6.45) is 0. The van der Waals surface area contributed by atoms with Crippen molar-refractivity contribution in [2.45, 2.75) is 30.0 Å². The highest BCUT2D eigenvalue weighted by molar-refractivity contribution is 8.00. The van der Waals surface area contributed by atoms with E-state index in [9.17, 15) is 14.9 Å². The summed E-state index contributed by atoms with van der Waals surface area (Å²) in [6.45, 7) is 3.64. The summed E-state index contributed by atoms with van der Waals surface area (Å²) in [6, 6.07) is 9.40. The normalized spacial score (nSPS) is 12.6. The zero-order valence-electron chi connectivity index (χ0n) is 16.9. The number of rotatable bonds is 9. The van der Waals surface area contributed by atoms with Gasteiger partial charge in [-0.15, -0.1) is 11.8 Å². The molecule has 156 valence electrons. The van der Waals surface area contributed by atoms with Crippen LogP contribution in [0.5, 0.6) is 17.2 Å². The maximum atomic E-state index is 12.6. The van der Waals surface area contributed by atoms with E-state index < -0.39 is 4.92 Å². The van der Waals surface area contributed by atoms with Gasteiger partial charge in [-0.2, -0.15) is 0 Å². The minimum atomic E-state index is -0.455. The predicted octanol–water partition coefficient (Wildman–Crippen LogP) is 3.98. The largest absolute Gasteiger partial charge is 0.493 e. The molecule has 1 amide bonds. The predicted molar refractivity (Wildman–Crippen MR) is 111 cm³/mol. The highest BCUT2D eigenvalue weighted by atomic mass is 32.2. The molecule has 0 radical (unpaired) electrons. The second-order valence-corrected chi connectivity index (χ2v) is 7.61. The van der Waals surface area contributed by atoms with Crippen LogP contribution >= 0.6 is 11.8 Å². The Morgan fingerprint density at radius 3 is 2.03 bits per heavy atom. The fourth-order valence-electron chi connectivity index (χ4n) is 2.67. The van der Waals surface area contributed by atoms with E-state index in [-0.39, 0.29) is 22.9 Å². The monoisotopic (exact) mass is 420 g/mol. The molecule has 0 aromatic heterocycles. The van der Waals surface area contributed by atoms with Crippen molar-refractivity contribution in [1.29, 1.82) is 0 Å². The van der Waals surface area contributed by atoms with E-state index in [4.69, 9.17) is 14.2 Å². The minimum absolute atomic E-state index is 0.0162. The maximum absolute atomic E-state index is 12.6. The smallest absolute Gasteiger partial charge is 0.269 e. The average Bonchev–Trinajstić information content (AvgIpc) is 2.72. The van der Waals surface area contributed by atoms with Gasteiger partial charge in [0.15, 0.2) is 11.5 Å². The average molecular weight is 420 g/mol. The number of nitrogens with zero attached hydrogens (tertiary/aromatic N) is 1. The van der Waals surface area contributed by atoms with E-state index in [1.807, 2.05) is 6.92 Å². The van der Waals surface area contributed by atoms with E-state index in [0.29, 0.717) is 17.2 Å². The van der Waals surface area contributed by atoms with Crippen LogP contribution in [-0.2, 0) is 4.79 Å². The Balaban J connectivity index is 2.08. The zero-order chi connectivity index (χ0) is 21.6. The molecule has 2 aromatic carbocycles. The number of amides is 1. The summed E-state index contributed by atoms with van der Waals surface area (Å²) in [4.78, 5) is 23.7. The summed E-state index contributed by atoms with van der Waals surface area (Å²) in [5.41, 5.74) is 0.822. The number of hydrogen-bond acceptors (Lipinski definition) is 7. The van der Waals surface area contributed by atoms with Crippen molar-refractivity contribution in [1.82, 2.24) is 5.32 Å². The van der Waals surface area contributed by atoms with Crippen LogP contribution in [0, 0.1) is 10.1 Å². The first kappa shape index (κ1) is 22.4. The summed E-state index contributed by atoms with van der Waals surface area (Å²) >= 11 is 1.33. The fourth-order valence-corrected chi connectivity index (χ4v) is 3.55. The molecule has 0 aliphatic rings. The van der Waals surface area contributed by atoms with E-state index in [1.54, 1.807) is 31.2 Å². The lowest BCUT2D eigenvalue weighted by atomic mass is 10.1. The van der Waals surface area contributed by atoms with Gasteiger partial charge in [-0.05, 0) is 43.7 Å². The van der Waals surface area contributed by atoms with E-state index in [1.165, 1.54) is 45.2 Å². The number of hydrogen-bond donors (Lipinski definition) is 1. The molecule has 0 unspecified atom stereocenters. The topological polar surface area (TPSA) is 99.9 Å². The number of carbonyl (C=O) groups is 1. The molecule has 0 aliphatic heterocycles. The first-order valence-corrected chi connectivity index (χ1v) is 9.70. The molecule has 29 heavy (non-hydrogen) atoms. The lowest BCUT2D eigenvalue weighted by Gasteiger charge is -2.20. The third kappa shape index (κ3) is 5.54. The zero-order valence-corrected chi connectivity index (χ0v) is 17.7. The van der Waals surface area contributed by atoms with Gasteiger partial charge >= 0.3 is 0 Å². The Kier molecular flexibility index (Phi) is 7.72. The minimum Gasteiger partial charge on any atom is -0.493 e. The number of carbonyl (C=O) groups excluding carboxylic acids is 1. The highest BCUT2D eigenvalue weighted by Crippen LogP contribution is 2.39. The van der Waals surface area contributed by atoms with Crippen LogP contribution < -0.4 is 19.5 Å². The number of thioether (sulfide) groups is 1. The molecule has 2 atom stereocenters. The number of nitro benzene ring substituents is 1. The second-order valence-electron chi connectivity index (χ2n) is 6.20. The molecule has 0 spiro atoms. The van der Waals surface area contributed by atoms with Gasteiger partial charge in [-0.3, -0.25) is 14.9 Å². The molecule has 0 aliphatic carbocycles. The summed E-state index contributed by atoms with van der Waals surface area (Å²) in [5.74, 6) is 1.35. The Hall–Kier alpha value is -2.94. The molecule has 8 nitrogen and oxygen atoms in total. The van der Waals surface area contributed by atoms with Gasteiger partial charge in [0.1, 0.15) is 0 Å². The fraction of sp³-hybridized carbons (Fsp3) is 0.350. The number of non-ortho nitro benzene ring substituents is 1. The van der Waals surface area contributed by atoms with Crippen LogP contribution in [0.4, 0.5) is 5.69 Å². The second kappa shape index (κ2) is 10.0. The van der Waals surface area contributed by atoms with Gasteiger partial charge in [0.25, 0.3) is 5.69 Å². The highest BCUT2D eigenvalue weighted by Gasteiger charge is 2.21. The Morgan fingerprint density at radius 1 is 1.03 bits per heavy atom. The van der Waals surface area contributed by atoms with Crippen molar-refractivity contribution in [3.8, 4) is 17.2 Å². The Bertz CT molecular complexity index is 847. The molecule has 0 heterocycles. The number of nitro groups is 1. The molecule has 9 heteroatoms. The third-order valence-corrected chi connectivity index (χ3v) is 5.39. The van der Waals surface area contributed by atoms with Crippen LogP contribution in [-0.4, -0.2) is 37.4 Å². The van der Waals surface area contributed by atoms with Gasteiger partial charge in [0, 0.05) is 17.0 Å². The van der Waals surface area contributed by atoms with Gasteiger partial charge in [-0.25, -0.2) is 0 Å². The molecule has 0 bridgehead atoms. The van der Waals surface area contributed by atoms with Gasteiger partial charge in [0.05, 0.1) is 37.5 Å². The Morgan fingerprint density at radius 2 is 1.59 bits per heavy atom. The molecule has 2 aromatic rings. The van der Waals surface area contributed by atoms with Crippen molar-refractivity contribution in [3.63, 3.8) is 0 Å². The standard InChI is InChI=1S/C20H24N2O6S/c1-12(14-10-17(26-3)19(28-5)18(11-14)27-4)21-20(23)13(2)29-16-8-6-15(7-9-16)22(24)25/h6-13H,1-5H3,(H,21,23)/t12-,13-/m0/s1. The van der Waals surface area contributed by atoms with E-state index in [2.05, 4.69) is 5.32 Å². The lowest BCUT2D eigenvalue weighted by molar-refractivity contribution is -0.384. The SMILES string of the molecule is COc1cc([C@H](C)NC(=O)[C@H](C)Sc2ccc([N+](=O)[O-])cc2)cc(OC)c1OC. The number of methoxy groups -OCH3 is 3. The molecule has 0 saturated heterocycles. The molecule has 0 fully saturated rings. The summed E-state index contributed by atoms with van der Waals surface area (Å²) < 4.78 is 16.0. The number of nitrogens with one attached hydrogen (secondary N) is 1. The maximum Gasteiger partial charge on any atom is 0.269 e. The molecule has 0 saturated carbocycles. The number of ether oxygens (including phenoxy) is 3. The van der Waals surface area contributed by atoms with Crippen molar-refractivity contribution < 1.29 is 23.9 Å². The van der Waals surface area contributed by atoms with Crippen LogP contribution in [0.15, 0.2) is 41.3 Å². The molecule has 1 N–H and O–H groups in total. The quantitative estimate of drug-likeness (QED) is 0.372. The summed E-state index contributed by atoms with van der Waals surface area (Å²) in [5, 5.41) is 13.3. The van der Waals surface area contributed by atoms with Crippen molar-refractivity contribution in [2.75, 3.05) is 21.3 Å². The number of benzene rings is 2. The van der Waals surface area contributed by atoms with Crippen molar-refractivity contribution >= 4 is 23.4 Å². The van der Waals surface area contributed by atoms with Crippen LogP contribution in [0.25, 0.3) is 0 Å². The van der Waals surface area contributed by atoms with Crippen molar-refractivity contribution in [3.05, 3.63) is 52.1 Å². The van der Waals surface area contributed by atoms with Crippen LogP contribution in [0.2, 0.25) is 0 Å². The molecular formula is C20H24N2O6S. The third-order valence-electron chi connectivity index (χ3n) is 4.28. The Labute approximate surface area is 173 Å². The molecular weight excluding hydrogens is 396 g/mol. The van der Waals surface area contributed by atoms with Gasteiger partial charge < -0.3 is 19.5 Å². The van der Waals surface area contributed by atoms with E-state index in [0.717, 1.165) is 10.5 Å². The summed E-state index contributed by atoms with van der Waals surface area (Å²) in [7, 11) is 4.60. The van der Waals surface area contributed by atoms with Gasteiger partial charge in [-0.1, -0.05) is 0 Å². The van der Waals surface area contributed by atoms with Crippen LogP contribution in [0.1, 0.15) is 25.5 Å². The van der Waals surface area contributed by atoms with Gasteiger partial charge in [0.2, 0.25) is 11.7 Å². The first-order chi connectivity index (χ1) is 13.8. The van der Waals surface area contributed by atoms with E-state index >= 15 is 0 Å². The van der Waals surface area contributed by atoms with Crippen molar-refractivity contribution in [2.24, 2.45) is 0 Å². The molecule has 2 rings (SSSR count). The van der Waals surface area contributed by atoms with Crippen LogP contribution in [0.3, 0.4) is 0 Å². The first-order valence-electron chi connectivity index (χ1n) is 8.82. The lowest BCUT2D eigenvalue weighted by Crippen LogP contribution is -2.33.